The summed E-state index contributed by atoms with van der Waals surface area (Å²) >= 11 is 0. The molecule has 1 aliphatic rings. The van der Waals surface area contributed by atoms with Gasteiger partial charge in [-0.3, -0.25) is 0 Å². The van der Waals surface area contributed by atoms with E-state index in [1.165, 1.54) is 64.2 Å². The van der Waals surface area contributed by atoms with E-state index in [4.69, 9.17) is 5.11 Å². The Morgan fingerprint density at radius 3 is 0.583 bits per heavy atom. The molecule has 0 atom stereocenters. The highest BCUT2D eigenvalue weighted by molar-refractivity contribution is 4.51. The van der Waals surface area contributed by atoms with Gasteiger partial charge in [-0.05, 0) is 0 Å². The van der Waals surface area contributed by atoms with Crippen molar-refractivity contribution in [1.82, 2.24) is 0 Å². The van der Waals surface area contributed by atoms with E-state index in [0.29, 0.717) is 0 Å². The molecule has 0 unspecified atom stereocenters. The predicted molar refractivity (Wildman–Crippen MR) is 54.3 cm³/mol. The van der Waals surface area contributed by atoms with Crippen LogP contribution in [0.1, 0.15) is 64.2 Å². The summed E-state index contributed by atoms with van der Waals surface area (Å²) in [7, 11) is 1.00. The maximum Gasteiger partial charge on any atom is 0.0319 e. The van der Waals surface area contributed by atoms with Crippen molar-refractivity contribution >= 4 is 0 Å². The van der Waals surface area contributed by atoms with Crippen LogP contribution in [0, 0.1) is 0 Å². The summed E-state index contributed by atoms with van der Waals surface area (Å²) < 4.78 is 0. The van der Waals surface area contributed by atoms with E-state index in [-0.39, 0.29) is 0 Å². The zero-order chi connectivity index (χ0) is 9.07. The molecule has 0 saturated heterocycles. The van der Waals surface area contributed by atoms with Gasteiger partial charge >= 0.3 is 0 Å². The van der Waals surface area contributed by atoms with Gasteiger partial charge in [0.05, 0.1) is 0 Å². The fraction of sp³-hybridized carbons (Fsp3) is 1.00. The first-order chi connectivity index (χ1) is 6.00. The van der Waals surface area contributed by atoms with Crippen molar-refractivity contribution in [2.24, 2.45) is 0 Å². The van der Waals surface area contributed by atoms with Gasteiger partial charge in [-0.2, -0.15) is 0 Å². The molecule has 1 N–H and O–H groups in total. The molecule has 0 spiro atoms. The largest absolute Gasteiger partial charge is 0.400 e. The van der Waals surface area contributed by atoms with Gasteiger partial charge in [0, 0.05) is 7.11 Å². The second-order valence-electron chi connectivity index (χ2n) is 3.54. The average Bonchev–Trinajstić information content (AvgIpc) is 2.18. The third kappa shape index (κ3) is 8.06. The molecule has 1 nitrogen and oxygen atoms in total. The maximum atomic E-state index is 7.00. The van der Waals surface area contributed by atoms with Crippen LogP contribution >= 0.6 is 0 Å². The minimum absolute atomic E-state index is 1.00. The summed E-state index contributed by atoms with van der Waals surface area (Å²) in [6.45, 7) is 0. The molecule has 12 heavy (non-hydrogen) atoms. The van der Waals surface area contributed by atoms with E-state index in [9.17, 15) is 0 Å². The Hall–Kier alpha value is -0.0400. The Bertz CT molecular complexity index is 38.2. The lowest BCUT2D eigenvalue weighted by Gasteiger charge is -2.05. The fourth-order valence-corrected chi connectivity index (χ4v) is 1.77. The molecule has 0 radical (unpaired) electrons. The molecule has 0 aromatic rings. The van der Waals surface area contributed by atoms with E-state index in [1.807, 2.05) is 0 Å². The highest BCUT2D eigenvalue weighted by Crippen LogP contribution is 2.15. The summed E-state index contributed by atoms with van der Waals surface area (Å²) in [6, 6.07) is 0. The smallest absolute Gasteiger partial charge is 0.0319 e. The van der Waals surface area contributed by atoms with E-state index in [1.54, 1.807) is 0 Å². The van der Waals surface area contributed by atoms with Gasteiger partial charge in [-0.1, -0.05) is 64.2 Å². The second-order valence-corrected chi connectivity index (χ2v) is 3.54. The summed E-state index contributed by atoms with van der Waals surface area (Å²) in [5.41, 5.74) is 0. The van der Waals surface area contributed by atoms with Crippen molar-refractivity contribution in [3.8, 4) is 0 Å². The van der Waals surface area contributed by atoms with Crippen LogP contribution in [0.3, 0.4) is 0 Å². The van der Waals surface area contributed by atoms with Crippen molar-refractivity contribution in [3.63, 3.8) is 0 Å². The van der Waals surface area contributed by atoms with Crippen LogP contribution < -0.4 is 0 Å². The van der Waals surface area contributed by atoms with Gasteiger partial charge in [0.15, 0.2) is 0 Å². The quantitative estimate of drug-likeness (QED) is 0.593. The molecule has 0 aromatic carbocycles. The van der Waals surface area contributed by atoms with Gasteiger partial charge < -0.3 is 5.11 Å². The van der Waals surface area contributed by atoms with Gasteiger partial charge in [0.2, 0.25) is 0 Å². The Morgan fingerprint density at radius 1 is 0.417 bits per heavy atom. The van der Waals surface area contributed by atoms with E-state index in [0.717, 1.165) is 7.11 Å². The third-order valence-electron chi connectivity index (χ3n) is 2.50. The molecule has 0 bridgehead atoms. The molecule has 74 valence electrons. The van der Waals surface area contributed by atoms with Crippen molar-refractivity contribution in [2.75, 3.05) is 7.11 Å². The summed E-state index contributed by atoms with van der Waals surface area (Å²) in [6.07, 6.45) is 15.0. The monoisotopic (exact) mass is 172 g/mol. The lowest BCUT2D eigenvalue weighted by Crippen LogP contribution is -1.85. The van der Waals surface area contributed by atoms with Gasteiger partial charge in [-0.25, -0.2) is 0 Å². The van der Waals surface area contributed by atoms with Crippen LogP contribution in [-0.2, 0) is 0 Å². The Labute approximate surface area is 77.2 Å². The first-order valence-corrected chi connectivity index (χ1v) is 5.45. The van der Waals surface area contributed by atoms with Gasteiger partial charge in [0.25, 0.3) is 0 Å². The number of hydrogen-bond acceptors (Lipinski definition) is 1. The van der Waals surface area contributed by atoms with E-state index in [2.05, 4.69) is 0 Å². The van der Waals surface area contributed by atoms with Crippen LogP contribution in [0.2, 0.25) is 0 Å². The lowest BCUT2D eigenvalue weighted by atomic mass is 10.0. The van der Waals surface area contributed by atoms with Crippen molar-refractivity contribution in [3.05, 3.63) is 0 Å². The summed E-state index contributed by atoms with van der Waals surface area (Å²) in [5, 5.41) is 7.00. The van der Waals surface area contributed by atoms with Crippen LogP contribution in [0.5, 0.6) is 0 Å². The van der Waals surface area contributed by atoms with Crippen LogP contribution in [0.15, 0.2) is 0 Å². The van der Waals surface area contributed by atoms with Crippen LogP contribution in [0.4, 0.5) is 0 Å². The summed E-state index contributed by atoms with van der Waals surface area (Å²) in [5.74, 6) is 0. The maximum absolute atomic E-state index is 7.00. The Kier molecular flexibility index (Phi) is 10.9. The topological polar surface area (TPSA) is 20.2 Å². The highest BCUT2D eigenvalue weighted by Gasteiger charge is 1.95. The third-order valence-corrected chi connectivity index (χ3v) is 2.50. The van der Waals surface area contributed by atoms with E-state index < -0.39 is 0 Å². The normalized spacial score (nSPS) is 20.5. The zero-order valence-electron chi connectivity index (χ0n) is 8.52. The molecule has 0 amide bonds. The van der Waals surface area contributed by atoms with Crippen molar-refractivity contribution < 1.29 is 5.11 Å². The lowest BCUT2D eigenvalue weighted by molar-refractivity contribution is 0.399. The molecule has 1 aliphatic carbocycles. The second kappa shape index (κ2) is 11.0. The minimum atomic E-state index is 1.00. The number of aliphatic hydroxyl groups is 1. The standard InChI is InChI=1S/C10H20.CH4O/c1-2-4-6-8-10-9-7-5-3-1;1-2/h1-10H2;2H,1H3. The molecular formula is C11H24O. The number of aliphatic hydroxyl groups excluding tert-OH is 1. The highest BCUT2D eigenvalue weighted by atomic mass is 16.2. The van der Waals surface area contributed by atoms with Crippen molar-refractivity contribution in [2.45, 2.75) is 64.2 Å². The predicted octanol–water partition coefficient (Wildman–Crippen LogP) is 3.51. The molecule has 1 fully saturated rings. The van der Waals surface area contributed by atoms with Crippen LogP contribution in [0.25, 0.3) is 0 Å². The first kappa shape index (κ1) is 12.0. The fourth-order valence-electron chi connectivity index (χ4n) is 1.77. The van der Waals surface area contributed by atoms with Crippen LogP contribution in [-0.4, -0.2) is 12.2 Å². The molecule has 0 aliphatic heterocycles. The van der Waals surface area contributed by atoms with Gasteiger partial charge in [0.1, 0.15) is 0 Å². The molecule has 1 rings (SSSR count). The Morgan fingerprint density at radius 2 is 0.500 bits per heavy atom. The SMILES string of the molecule is C1CCCCCCCCC1.CO. The molecule has 0 aromatic heterocycles. The molecule has 1 heteroatoms. The minimum Gasteiger partial charge on any atom is -0.400 e. The molecular weight excluding hydrogens is 148 g/mol. The first-order valence-electron chi connectivity index (χ1n) is 5.45. The number of hydrogen-bond donors (Lipinski definition) is 1. The molecule has 0 heterocycles. The average molecular weight is 172 g/mol. The van der Waals surface area contributed by atoms with Gasteiger partial charge in [-0.15, -0.1) is 0 Å². The Balaban J connectivity index is 0.000000561. The number of rotatable bonds is 0. The molecule has 1 saturated carbocycles. The van der Waals surface area contributed by atoms with E-state index >= 15 is 0 Å². The van der Waals surface area contributed by atoms with Crippen molar-refractivity contribution in [1.29, 1.82) is 0 Å². The zero-order valence-corrected chi connectivity index (χ0v) is 8.52. The summed E-state index contributed by atoms with van der Waals surface area (Å²) in [4.78, 5) is 0.